The molecular formula is C19H25N3O3. The van der Waals surface area contributed by atoms with Crippen LogP contribution in [-0.2, 0) is 16.1 Å². The first-order chi connectivity index (χ1) is 12.0. The second-order valence-corrected chi connectivity index (χ2v) is 6.24. The number of unbranched alkanes of at least 4 members (excludes halogenated alkanes) is 1. The summed E-state index contributed by atoms with van der Waals surface area (Å²) in [7, 11) is 1.31. The van der Waals surface area contributed by atoms with Crippen LogP contribution < -0.4 is 5.32 Å². The number of ether oxygens (including phenoxy) is 1. The number of nitrogens with one attached hydrogen (secondary N) is 1. The number of carbonyl (C=O) groups is 2. The maximum atomic E-state index is 12.7. The second kappa shape index (κ2) is 8.46. The van der Waals surface area contributed by atoms with Crippen molar-refractivity contribution in [3.8, 4) is 0 Å². The fourth-order valence-electron chi connectivity index (χ4n) is 2.69. The standard InChI is InChI=1S/C19H25N3O3/c1-5-6-9-12-22-15-11-8-7-10-14(15)17(21-22)18(23)20-16(13(2)3)19(24)25-4/h5,7-8,10-11,13,16H,1,6,9,12H2,2-4H3,(H,20,23)/t16-/m0/s1. The molecule has 6 heteroatoms. The molecule has 0 aliphatic heterocycles. The number of hydrogen-bond donors (Lipinski definition) is 1. The van der Waals surface area contributed by atoms with Crippen molar-refractivity contribution in [3.05, 3.63) is 42.6 Å². The van der Waals surface area contributed by atoms with Crippen LogP contribution in [0.4, 0.5) is 0 Å². The number of hydrogen-bond acceptors (Lipinski definition) is 4. The number of allylic oxidation sites excluding steroid dienone is 1. The summed E-state index contributed by atoms with van der Waals surface area (Å²) < 4.78 is 6.61. The summed E-state index contributed by atoms with van der Waals surface area (Å²) in [6.07, 6.45) is 3.64. The monoisotopic (exact) mass is 343 g/mol. The third-order valence-electron chi connectivity index (χ3n) is 4.06. The highest BCUT2D eigenvalue weighted by Crippen LogP contribution is 2.19. The Morgan fingerprint density at radius 1 is 1.36 bits per heavy atom. The molecule has 1 aromatic carbocycles. The van der Waals surface area contributed by atoms with E-state index >= 15 is 0 Å². The zero-order chi connectivity index (χ0) is 18.4. The van der Waals surface area contributed by atoms with Crippen LogP contribution in [0.15, 0.2) is 36.9 Å². The van der Waals surface area contributed by atoms with Gasteiger partial charge in [0.15, 0.2) is 5.69 Å². The molecule has 0 aliphatic carbocycles. The molecule has 0 saturated heterocycles. The fourth-order valence-corrected chi connectivity index (χ4v) is 2.69. The lowest BCUT2D eigenvalue weighted by Crippen LogP contribution is -2.45. The predicted octanol–water partition coefficient (Wildman–Crippen LogP) is 2.93. The van der Waals surface area contributed by atoms with E-state index in [9.17, 15) is 9.59 Å². The number of amides is 1. The van der Waals surface area contributed by atoms with Crippen LogP contribution in [0, 0.1) is 5.92 Å². The molecule has 0 unspecified atom stereocenters. The van der Waals surface area contributed by atoms with Gasteiger partial charge in [-0.25, -0.2) is 4.79 Å². The van der Waals surface area contributed by atoms with E-state index in [1.807, 2.05) is 48.9 Å². The van der Waals surface area contributed by atoms with Gasteiger partial charge in [0.2, 0.25) is 0 Å². The Hall–Kier alpha value is -2.63. The Morgan fingerprint density at radius 2 is 2.08 bits per heavy atom. The largest absolute Gasteiger partial charge is 0.467 e. The van der Waals surface area contributed by atoms with Crippen LogP contribution in [0.2, 0.25) is 0 Å². The first-order valence-electron chi connectivity index (χ1n) is 8.44. The fraction of sp³-hybridized carbons (Fsp3) is 0.421. The van der Waals surface area contributed by atoms with Crippen LogP contribution in [0.5, 0.6) is 0 Å². The molecule has 1 atom stereocenters. The van der Waals surface area contributed by atoms with Crippen LogP contribution in [0.3, 0.4) is 0 Å². The van der Waals surface area contributed by atoms with Crippen molar-refractivity contribution in [1.29, 1.82) is 0 Å². The molecule has 0 spiro atoms. The maximum Gasteiger partial charge on any atom is 0.328 e. The van der Waals surface area contributed by atoms with E-state index < -0.39 is 12.0 Å². The van der Waals surface area contributed by atoms with Crippen molar-refractivity contribution in [2.24, 2.45) is 5.92 Å². The summed E-state index contributed by atoms with van der Waals surface area (Å²) >= 11 is 0. The average Bonchev–Trinajstić information content (AvgIpc) is 2.98. The molecule has 0 saturated carbocycles. The Kier molecular flexibility index (Phi) is 6.33. The number of fused-ring (bicyclic) bond motifs is 1. The number of esters is 1. The summed E-state index contributed by atoms with van der Waals surface area (Å²) in [5.41, 5.74) is 1.22. The van der Waals surface area contributed by atoms with Gasteiger partial charge in [-0.2, -0.15) is 5.10 Å². The Bertz CT molecular complexity index is 764. The lowest BCUT2D eigenvalue weighted by atomic mass is 10.0. The van der Waals surface area contributed by atoms with Gasteiger partial charge in [0.1, 0.15) is 6.04 Å². The number of rotatable bonds is 8. The third kappa shape index (κ3) is 4.26. The highest BCUT2D eigenvalue weighted by molar-refractivity contribution is 6.06. The van der Waals surface area contributed by atoms with Crippen LogP contribution in [0.1, 0.15) is 37.2 Å². The van der Waals surface area contributed by atoms with Gasteiger partial charge in [-0.3, -0.25) is 9.48 Å². The summed E-state index contributed by atoms with van der Waals surface area (Å²) in [6, 6.07) is 6.88. The van der Waals surface area contributed by atoms with E-state index in [0.717, 1.165) is 23.7 Å². The minimum Gasteiger partial charge on any atom is -0.467 e. The number of methoxy groups -OCH3 is 1. The molecule has 0 fully saturated rings. The highest BCUT2D eigenvalue weighted by Gasteiger charge is 2.27. The second-order valence-electron chi connectivity index (χ2n) is 6.24. The number of nitrogens with zero attached hydrogens (tertiary/aromatic N) is 2. The van der Waals surface area contributed by atoms with Crippen LogP contribution in [0.25, 0.3) is 10.9 Å². The minimum absolute atomic E-state index is 0.0858. The Labute approximate surface area is 147 Å². The van der Waals surface area contributed by atoms with Gasteiger partial charge in [-0.15, -0.1) is 6.58 Å². The normalized spacial score (nSPS) is 12.2. The molecule has 1 aromatic heterocycles. The van der Waals surface area contributed by atoms with Crippen molar-refractivity contribution >= 4 is 22.8 Å². The molecule has 0 aliphatic rings. The smallest absolute Gasteiger partial charge is 0.328 e. The topological polar surface area (TPSA) is 73.2 Å². The van der Waals surface area contributed by atoms with Gasteiger partial charge < -0.3 is 10.1 Å². The molecule has 0 bridgehead atoms. The molecule has 2 aromatic rings. The van der Waals surface area contributed by atoms with E-state index in [-0.39, 0.29) is 11.8 Å². The highest BCUT2D eigenvalue weighted by atomic mass is 16.5. The number of para-hydroxylation sites is 1. The quantitative estimate of drug-likeness (QED) is 0.454. The summed E-state index contributed by atoms with van der Waals surface area (Å²) in [4.78, 5) is 24.6. The number of aryl methyl sites for hydroxylation is 1. The van der Waals surface area contributed by atoms with Gasteiger partial charge in [-0.1, -0.05) is 38.1 Å². The Balaban J connectivity index is 2.31. The SMILES string of the molecule is C=CCCCn1nc(C(=O)N[C@H](C(=O)OC)C(C)C)c2ccccc21. The molecule has 2 rings (SSSR count). The first kappa shape index (κ1) is 18.7. The predicted molar refractivity (Wildman–Crippen MR) is 97.3 cm³/mol. The lowest BCUT2D eigenvalue weighted by Gasteiger charge is -2.19. The molecule has 6 nitrogen and oxygen atoms in total. The number of aromatic nitrogens is 2. The van der Waals surface area contributed by atoms with Crippen molar-refractivity contribution in [3.63, 3.8) is 0 Å². The van der Waals surface area contributed by atoms with Crippen molar-refractivity contribution < 1.29 is 14.3 Å². The van der Waals surface area contributed by atoms with Gasteiger partial charge in [-0.05, 0) is 24.8 Å². The van der Waals surface area contributed by atoms with Crippen molar-refractivity contribution in [2.75, 3.05) is 7.11 Å². The van der Waals surface area contributed by atoms with Gasteiger partial charge >= 0.3 is 5.97 Å². The molecule has 1 heterocycles. The van der Waals surface area contributed by atoms with E-state index in [0.29, 0.717) is 12.2 Å². The maximum absolute atomic E-state index is 12.7. The lowest BCUT2D eigenvalue weighted by molar-refractivity contribution is -0.144. The number of benzene rings is 1. The summed E-state index contributed by atoms with van der Waals surface area (Å²) in [6.45, 7) is 8.13. The molecule has 25 heavy (non-hydrogen) atoms. The molecular weight excluding hydrogens is 318 g/mol. The van der Waals surface area contributed by atoms with Gasteiger partial charge in [0.25, 0.3) is 5.91 Å². The van der Waals surface area contributed by atoms with E-state index in [1.165, 1.54) is 7.11 Å². The van der Waals surface area contributed by atoms with Crippen molar-refractivity contribution in [2.45, 2.75) is 39.3 Å². The minimum atomic E-state index is -0.706. The van der Waals surface area contributed by atoms with Gasteiger partial charge in [0.05, 0.1) is 12.6 Å². The Morgan fingerprint density at radius 3 is 2.72 bits per heavy atom. The zero-order valence-corrected chi connectivity index (χ0v) is 15.0. The average molecular weight is 343 g/mol. The van der Waals surface area contributed by atoms with E-state index in [2.05, 4.69) is 17.0 Å². The zero-order valence-electron chi connectivity index (χ0n) is 15.0. The molecule has 134 valence electrons. The van der Waals surface area contributed by atoms with Crippen LogP contribution in [-0.4, -0.2) is 34.8 Å². The first-order valence-corrected chi connectivity index (χ1v) is 8.44. The van der Waals surface area contributed by atoms with E-state index in [1.54, 1.807) is 0 Å². The molecule has 1 amide bonds. The van der Waals surface area contributed by atoms with Crippen LogP contribution >= 0.6 is 0 Å². The third-order valence-corrected chi connectivity index (χ3v) is 4.06. The number of carbonyl (C=O) groups excluding carboxylic acids is 2. The van der Waals surface area contributed by atoms with Crippen molar-refractivity contribution in [1.82, 2.24) is 15.1 Å². The molecule has 1 N–H and O–H groups in total. The van der Waals surface area contributed by atoms with Gasteiger partial charge in [0, 0.05) is 11.9 Å². The van der Waals surface area contributed by atoms with E-state index in [4.69, 9.17) is 4.74 Å². The summed E-state index contributed by atoms with van der Waals surface area (Å²) in [5.74, 6) is -0.918. The molecule has 0 radical (unpaired) electrons. The summed E-state index contributed by atoms with van der Waals surface area (Å²) in [5, 5.41) is 8.00.